The molecule has 3 aliphatic rings. The molecule has 5 heteroatoms. The number of fused-ring (bicyclic) bond motifs is 2. The normalized spacial score (nSPS) is 24.4. The number of amides is 2. The van der Waals surface area contributed by atoms with E-state index in [1.807, 2.05) is 16.8 Å². The molecule has 2 aromatic carbocycles. The summed E-state index contributed by atoms with van der Waals surface area (Å²) in [6.45, 7) is 12.5. The van der Waals surface area contributed by atoms with Crippen LogP contribution in [0, 0.1) is 6.92 Å². The van der Waals surface area contributed by atoms with Crippen molar-refractivity contribution in [3.8, 4) is 0 Å². The molecule has 0 radical (unpaired) electrons. The number of benzene rings is 2. The maximum atomic E-state index is 12.2. The SMILES string of the molecule is Cc1ccc2c(c1)C(N1CCN(CCN3CCN(C)C3=O)CC1)Cc1ccccc1C2C. The van der Waals surface area contributed by atoms with Crippen molar-refractivity contribution in [2.75, 3.05) is 59.4 Å². The van der Waals surface area contributed by atoms with Crippen molar-refractivity contribution in [3.63, 3.8) is 0 Å². The number of hydrogen-bond acceptors (Lipinski definition) is 3. The van der Waals surface area contributed by atoms with Gasteiger partial charge in [-0.25, -0.2) is 4.79 Å². The molecule has 2 saturated heterocycles. The average Bonchev–Trinajstić information content (AvgIpc) is 3.07. The minimum atomic E-state index is 0.182. The van der Waals surface area contributed by atoms with Crippen molar-refractivity contribution in [3.05, 3.63) is 70.3 Å². The van der Waals surface area contributed by atoms with Crippen molar-refractivity contribution in [2.24, 2.45) is 0 Å². The zero-order chi connectivity index (χ0) is 22.2. The Kier molecular flexibility index (Phi) is 5.95. The van der Waals surface area contributed by atoms with Crippen molar-refractivity contribution in [2.45, 2.75) is 32.2 Å². The smallest absolute Gasteiger partial charge is 0.319 e. The Bertz CT molecular complexity index is 981. The lowest BCUT2D eigenvalue weighted by molar-refractivity contribution is 0.0907. The molecule has 32 heavy (non-hydrogen) atoms. The zero-order valence-electron chi connectivity index (χ0n) is 19.8. The third kappa shape index (κ3) is 4.04. The number of likely N-dealkylation sites (N-methyl/N-ethyl adjacent to an activating group) is 1. The molecule has 2 heterocycles. The molecule has 2 unspecified atom stereocenters. The molecule has 2 amide bonds. The van der Waals surface area contributed by atoms with Crippen molar-refractivity contribution in [1.29, 1.82) is 0 Å². The van der Waals surface area contributed by atoms with Crippen LogP contribution in [0.3, 0.4) is 0 Å². The monoisotopic (exact) mass is 432 g/mol. The first-order valence-corrected chi connectivity index (χ1v) is 12.2. The minimum absolute atomic E-state index is 0.182. The molecule has 0 saturated carbocycles. The van der Waals surface area contributed by atoms with Crippen LogP contribution < -0.4 is 0 Å². The summed E-state index contributed by atoms with van der Waals surface area (Å²) in [5, 5.41) is 0. The predicted molar refractivity (Wildman–Crippen MR) is 129 cm³/mol. The fraction of sp³-hybridized carbons (Fsp3) is 0.519. The first kappa shape index (κ1) is 21.5. The van der Waals surface area contributed by atoms with E-state index in [0.717, 1.165) is 58.8 Å². The molecule has 0 aromatic heterocycles. The molecule has 2 atom stereocenters. The van der Waals surface area contributed by atoms with Gasteiger partial charge in [0.2, 0.25) is 0 Å². The van der Waals surface area contributed by atoms with Gasteiger partial charge in [-0.2, -0.15) is 0 Å². The summed E-state index contributed by atoms with van der Waals surface area (Å²) in [6, 6.07) is 16.7. The van der Waals surface area contributed by atoms with E-state index in [-0.39, 0.29) is 6.03 Å². The summed E-state index contributed by atoms with van der Waals surface area (Å²) in [7, 11) is 1.90. The van der Waals surface area contributed by atoms with E-state index in [1.165, 1.54) is 27.8 Å². The van der Waals surface area contributed by atoms with E-state index in [1.54, 1.807) is 0 Å². The summed E-state index contributed by atoms with van der Waals surface area (Å²) in [5.74, 6) is 0.434. The van der Waals surface area contributed by atoms with Crippen LogP contribution in [-0.4, -0.2) is 85.0 Å². The number of aryl methyl sites for hydroxylation is 1. The molecule has 170 valence electrons. The zero-order valence-corrected chi connectivity index (χ0v) is 19.8. The van der Waals surface area contributed by atoms with Gasteiger partial charge in [-0.1, -0.05) is 55.0 Å². The minimum Gasteiger partial charge on any atom is -0.326 e. The number of nitrogens with zero attached hydrogens (tertiary/aromatic N) is 4. The van der Waals surface area contributed by atoms with E-state index in [0.29, 0.717) is 12.0 Å². The third-order valence-corrected chi connectivity index (χ3v) is 7.84. The van der Waals surface area contributed by atoms with E-state index >= 15 is 0 Å². The second-order valence-electron chi connectivity index (χ2n) is 9.84. The number of carbonyl (C=O) groups excluding carboxylic acids is 1. The van der Waals surface area contributed by atoms with Crippen molar-refractivity contribution < 1.29 is 4.79 Å². The molecule has 1 aliphatic carbocycles. The molecular weight excluding hydrogens is 396 g/mol. The van der Waals surface area contributed by atoms with Gasteiger partial charge in [0.1, 0.15) is 0 Å². The highest BCUT2D eigenvalue weighted by Crippen LogP contribution is 2.40. The molecule has 2 aromatic rings. The summed E-state index contributed by atoms with van der Waals surface area (Å²) in [5.41, 5.74) is 7.35. The van der Waals surface area contributed by atoms with Gasteiger partial charge in [-0.3, -0.25) is 9.80 Å². The van der Waals surface area contributed by atoms with E-state index in [2.05, 4.69) is 66.1 Å². The van der Waals surface area contributed by atoms with E-state index in [9.17, 15) is 4.79 Å². The van der Waals surface area contributed by atoms with Crippen molar-refractivity contribution in [1.82, 2.24) is 19.6 Å². The molecule has 2 aliphatic heterocycles. The van der Waals surface area contributed by atoms with E-state index in [4.69, 9.17) is 0 Å². The number of hydrogen-bond donors (Lipinski definition) is 0. The standard InChI is InChI=1S/C27H36N4O/c1-20-8-9-24-21(2)23-7-5-4-6-22(23)19-26(25(24)18-20)30-15-11-29(12-16-30)13-17-31-14-10-28(3)27(31)32/h4-9,18,21,26H,10-17,19H2,1-3H3. The second kappa shape index (κ2) is 8.87. The summed E-state index contributed by atoms with van der Waals surface area (Å²) >= 11 is 0. The molecule has 0 N–H and O–H groups in total. The topological polar surface area (TPSA) is 30.0 Å². The van der Waals surface area contributed by atoms with Crippen molar-refractivity contribution >= 4 is 6.03 Å². The van der Waals surface area contributed by atoms with Crippen LogP contribution in [0.1, 0.15) is 46.7 Å². The highest BCUT2D eigenvalue weighted by Gasteiger charge is 2.32. The van der Waals surface area contributed by atoms with Gasteiger partial charge >= 0.3 is 6.03 Å². The van der Waals surface area contributed by atoms with Gasteiger partial charge in [-0.15, -0.1) is 0 Å². The Morgan fingerprint density at radius 1 is 0.875 bits per heavy atom. The molecule has 0 spiro atoms. The Morgan fingerprint density at radius 2 is 1.66 bits per heavy atom. The summed E-state index contributed by atoms with van der Waals surface area (Å²) < 4.78 is 0. The Hall–Kier alpha value is -2.37. The maximum Gasteiger partial charge on any atom is 0.319 e. The maximum absolute atomic E-state index is 12.2. The van der Waals surface area contributed by atoms with Crippen LogP contribution in [0.5, 0.6) is 0 Å². The molecule has 5 rings (SSSR count). The fourth-order valence-electron chi connectivity index (χ4n) is 5.80. The largest absolute Gasteiger partial charge is 0.326 e. The number of carbonyl (C=O) groups is 1. The fourth-order valence-corrected chi connectivity index (χ4v) is 5.80. The molecule has 0 bridgehead atoms. The van der Waals surface area contributed by atoms with Gasteiger partial charge in [0.15, 0.2) is 0 Å². The number of rotatable bonds is 4. The second-order valence-corrected chi connectivity index (χ2v) is 9.84. The average molecular weight is 433 g/mol. The first-order valence-electron chi connectivity index (χ1n) is 12.2. The highest BCUT2D eigenvalue weighted by atomic mass is 16.2. The van der Waals surface area contributed by atoms with Gasteiger partial charge in [0.25, 0.3) is 0 Å². The van der Waals surface area contributed by atoms with Gasteiger partial charge in [-0.05, 0) is 35.6 Å². The van der Waals surface area contributed by atoms with Crippen LogP contribution in [-0.2, 0) is 6.42 Å². The van der Waals surface area contributed by atoms with Gasteiger partial charge in [0.05, 0.1) is 0 Å². The Morgan fingerprint density at radius 3 is 2.41 bits per heavy atom. The van der Waals surface area contributed by atoms with Crippen LogP contribution >= 0.6 is 0 Å². The lowest BCUT2D eigenvalue weighted by atomic mass is 9.88. The predicted octanol–water partition coefficient (Wildman–Crippen LogP) is 3.73. The molecule has 2 fully saturated rings. The lowest BCUT2D eigenvalue weighted by Crippen LogP contribution is -2.50. The molecular formula is C27H36N4O. The summed E-state index contributed by atoms with van der Waals surface area (Å²) in [6.07, 6.45) is 1.09. The Labute approximate surface area is 192 Å². The number of urea groups is 1. The Balaban J connectivity index is 1.30. The summed E-state index contributed by atoms with van der Waals surface area (Å²) in [4.78, 5) is 21.2. The lowest BCUT2D eigenvalue weighted by Gasteiger charge is -2.40. The highest BCUT2D eigenvalue weighted by molar-refractivity contribution is 5.76. The van der Waals surface area contributed by atoms with Gasteiger partial charge < -0.3 is 9.80 Å². The van der Waals surface area contributed by atoms with Crippen LogP contribution in [0.2, 0.25) is 0 Å². The first-order chi connectivity index (χ1) is 15.5. The quantitative estimate of drug-likeness (QED) is 0.738. The van der Waals surface area contributed by atoms with Gasteiger partial charge in [0, 0.05) is 71.4 Å². The molecule has 5 nitrogen and oxygen atoms in total. The van der Waals surface area contributed by atoms with Crippen LogP contribution in [0.15, 0.2) is 42.5 Å². The number of piperazine rings is 1. The third-order valence-electron chi connectivity index (χ3n) is 7.84. The van der Waals surface area contributed by atoms with E-state index < -0.39 is 0 Å². The van der Waals surface area contributed by atoms with Crippen LogP contribution in [0.25, 0.3) is 0 Å². The van der Waals surface area contributed by atoms with Crippen LogP contribution in [0.4, 0.5) is 4.79 Å².